The first-order chi connectivity index (χ1) is 21.4. The van der Waals surface area contributed by atoms with Gasteiger partial charge in [-0.1, -0.05) is 55.6 Å². The molecule has 0 radical (unpaired) electrons. The van der Waals surface area contributed by atoms with Crippen molar-refractivity contribution in [2.45, 2.75) is 51.8 Å². The van der Waals surface area contributed by atoms with Gasteiger partial charge in [-0.15, -0.1) is 0 Å². The number of ether oxygens (including phenoxy) is 4. The molecule has 0 saturated heterocycles. The van der Waals surface area contributed by atoms with Gasteiger partial charge >= 0.3 is 24.3 Å². The molecule has 246 valence electrons. The summed E-state index contributed by atoms with van der Waals surface area (Å²) in [6, 6.07) is 10.8. The maximum absolute atomic E-state index is 14.0. The number of carbonyl (C=O) groups excluding carboxylic acids is 2. The first kappa shape index (κ1) is 35.7. The maximum atomic E-state index is 14.0. The standard InChI is InChI=1S/C34H32F6O6/c1-6-16-43-28(41)19-21-8-14-25(27(18-21)34(38,39)40)22-9-12-24(13-10-22)45-20-23-11-15-26(33(35,36)37)30(44-17-7-2)29(23)31(42)46-32(3,4)5/h6-15,18H,1-2,16-17,19-20H2,3-5H3. The summed E-state index contributed by atoms with van der Waals surface area (Å²) in [5, 5.41) is 0. The highest BCUT2D eigenvalue weighted by atomic mass is 19.4. The molecule has 0 aromatic heterocycles. The van der Waals surface area contributed by atoms with E-state index >= 15 is 0 Å². The monoisotopic (exact) mass is 650 g/mol. The third-order valence-electron chi connectivity index (χ3n) is 6.16. The van der Waals surface area contributed by atoms with Gasteiger partial charge < -0.3 is 18.9 Å². The van der Waals surface area contributed by atoms with Crippen molar-refractivity contribution in [1.29, 1.82) is 0 Å². The highest BCUT2D eigenvalue weighted by molar-refractivity contribution is 5.95. The van der Waals surface area contributed by atoms with Crippen molar-refractivity contribution in [1.82, 2.24) is 0 Å². The van der Waals surface area contributed by atoms with Gasteiger partial charge in [-0.25, -0.2) is 4.79 Å². The van der Waals surface area contributed by atoms with Crippen molar-refractivity contribution in [3.05, 3.63) is 108 Å². The average molecular weight is 651 g/mol. The van der Waals surface area contributed by atoms with Crippen molar-refractivity contribution in [2.24, 2.45) is 0 Å². The van der Waals surface area contributed by atoms with Crippen LogP contribution in [0, 0.1) is 0 Å². The second-order valence-corrected chi connectivity index (χ2v) is 10.9. The van der Waals surface area contributed by atoms with Crippen LogP contribution in [-0.4, -0.2) is 30.8 Å². The number of hydrogen-bond donors (Lipinski definition) is 0. The molecule has 0 aliphatic heterocycles. The summed E-state index contributed by atoms with van der Waals surface area (Å²) in [6.07, 6.45) is -7.39. The maximum Gasteiger partial charge on any atom is 0.419 e. The normalized spacial score (nSPS) is 11.8. The number of esters is 2. The molecule has 0 atom stereocenters. The van der Waals surface area contributed by atoms with Gasteiger partial charge in [-0.3, -0.25) is 4.79 Å². The smallest absolute Gasteiger partial charge is 0.419 e. The van der Waals surface area contributed by atoms with Crippen LogP contribution in [0.25, 0.3) is 11.1 Å². The Morgan fingerprint density at radius 3 is 1.98 bits per heavy atom. The van der Waals surface area contributed by atoms with Crippen LogP contribution < -0.4 is 9.47 Å². The second kappa shape index (κ2) is 14.6. The van der Waals surface area contributed by atoms with Crippen LogP contribution in [0.15, 0.2) is 79.9 Å². The quantitative estimate of drug-likeness (QED) is 0.111. The molecule has 0 amide bonds. The fraction of sp³-hybridized carbons (Fsp3) is 0.294. The van der Waals surface area contributed by atoms with Crippen molar-refractivity contribution in [2.75, 3.05) is 13.2 Å². The van der Waals surface area contributed by atoms with E-state index in [4.69, 9.17) is 18.9 Å². The van der Waals surface area contributed by atoms with Gasteiger partial charge in [0, 0.05) is 5.56 Å². The molecule has 0 fully saturated rings. The van der Waals surface area contributed by atoms with Crippen LogP contribution in [0.5, 0.6) is 11.5 Å². The Kier molecular flexibility index (Phi) is 11.3. The molecule has 0 spiro atoms. The molecule has 0 saturated carbocycles. The largest absolute Gasteiger partial charge is 0.489 e. The number of carbonyl (C=O) groups is 2. The van der Waals surface area contributed by atoms with E-state index < -0.39 is 58.9 Å². The van der Waals surface area contributed by atoms with E-state index in [-0.39, 0.29) is 47.6 Å². The summed E-state index contributed by atoms with van der Waals surface area (Å²) in [6.45, 7) is 10.7. The van der Waals surface area contributed by atoms with E-state index in [0.29, 0.717) is 0 Å². The van der Waals surface area contributed by atoms with E-state index in [1.807, 2.05) is 0 Å². The first-order valence-corrected chi connectivity index (χ1v) is 13.8. The Morgan fingerprint density at radius 1 is 0.783 bits per heavy atom. The average Bonchev–Trinajstić information content (AvgIpc) is 2.96. The predicted octanol–water partition coefficient (Wildman–Crippen LogP) is 8.76. The number of rotatable bonds is 12. The van der Waals surface area contributed by atoms with Gasteiger partial charge in [0.05, 0.1) is 17.5 Å². The topological polar surface area (TPSA) is 71.1 Å². The van der Waals surface area contributed by atoms with E-state index in [1.165, 1.54) is 48.6 Å². The molecule has 12 heteroatoms. The first-order valence-electron chi connectivity index (χ1n) is 13.8. The SMILES string of the molecule is C=CCOC(=O)Cc1ccc(-c2ccc(OCc3ccc(C(F)(F)F)c(OCC=C)c3C(=O)OC(C)(C)C)cc2)c(C(F)(F)F)c1. The second-order valence-electron chi connectivity index (χ2n) is 10.9. The number of hydrogen-bond acceptors (Lipinski definition) is 6. The lowest BCUT2D eigenvalue weighted by Gasteiger charge is -2.24. The highest BCUT2D eigenvalue weighted by Gasteiger charge is 2.39. The number of alkyl halides is 6. The van der Waals surface area contributed by atoms with Crippen molar-refractivity contribution in [3.8, 4) is 22.6 Å². The van der Waals surface area contributed by atoms with Gasteiger partial charge in [-0.05, 0) is 61.7 Å². The van der Waals surface area contributed by atoms with Crippen LogP contribution >= 0.6 is 0 Å². The van der Waals surface area contributed by atoms with Crippen LogP contribution in [0.1, 0.15) is 53.4 Å². The van der Waals surface area contributed by atoms with Crippen LogP contribution in [0.4, 0.5) is 26.3 Å². The zero-order valence-electron chi connectivity index (χ0n) is 25.3. The molecule has 46 heavy (non-hydrogen) atoms. The van der Waals surface area contributed by atoms with Crippen molar-refractivity contribution >= 4 is 11.9 Å². The Morgan fingerprint density at radius 2 is 1.41 bits per heavy atom. The van der Waals surface area contributed by atoms with Crippen LogP contribution in [0.3, 0.4) is 0 Å². The molecule has 0 bridgehead atoms. The van der Waals surface area contributed by atoms with Crippen molar-refractivity contribution in [3.63, 3.8) is 0 Å². The van der Waals surface area contributed by atoms with E-state index in [0.717, 1.165) is 18.2 Å². The minimum absolute atomic E-state index is 0.0203. The number of halogens is 6. The molecular formula is C34H32F6O6. The Bertz CT molecular complexity index is 1570. The lowest BCUT2D eigenvalue weighted by molar-refractivity contribution is -0.142. The molecule has 6 nitrogen and oxygen atoms in total. The van der Waals surface area contributed by atoms with E-state index in [9.17, 15) is 35.9 Å². The van der Waals surface area contributed by atoms with Crippen LogP contribution in [-0.2, 0) is 39.6 Å². The summed E-state index contributed by atoms with van der Waals surface area (Å²) < 4.78 is 105. The molecule has 0 heterocycles. The zero-order chi connectivity index (χ0) is 34.3. The van der Waals surface area contributed by atoms with Gasteiger partial charge in [0.1, 0.15) is 42.5 Å². The van der Waals surface area contributed by atoms with E-state index in [2.05, 4.69) is 13.2 Å². The van der Waals surface area contributed by atoms with E-state index in [1.54, 1.807) is 20.8 Å². The molecule has 0 aliphatic rings. The fourth-order valence-corrected chi connectivity index (χ4v) is 4.26. The lowest BCUT2D eigenvalue weighted by atomic mass is 9.96. The van der Waals surface area contributed by atoms with Gasteiger partial charge in [-0.2, -0.15) is 26.3 Å². The van der Waals surface area contributed by atoms with Gasteiger partial charge in [0.25, 0.3) is 0 Å². The predicted molar refractivity (Wildman–Crippen MR) is 158 cm³/mol. The Balaban J connectivity index is 1.93. The van der Waals surface area contributed by atoms with Gasteiger partial charge in [0.15, 0.2) is 0 Å². The summed E-state index contributed by atoms with van der Waals surface area (Å²) in [5.74, 6) is -2.36. The lowest BCUT2D eigenvalue weighted by Crippen LogP contribution is -2.26. The molecule has 0 unspecified atom stereocenters. The molecule has 3 aromatic carbocycles. The highest BCUT2D eigenvalue weighted by Crippen LogP contribution is 2.41. The molecule has 3 aromatic rings. The zero-order valence-corrected chi connectivity index (χ0v) is 25.3. The minimum Gasteiger partial charge on any atom is -0.489 e. The van der Waals surface area contributed by atoms with Crippen molar-refractivity contribution < 1.29 is 54.9 Å². The summed E-state index contributed by atoms with van der Waals surface area (Å²) in [5.41, 5.74) is -3.52. The molecule has 0 aliphatic carbocycles. The fourth-order valence-electron chi connectivity index (χ4n) is 4.26. The third kappa shape index (κ3) is 9.63. The minimum atomic E-state index is -4.86. The Labute approximate surface area is 262 Å². The Hall–Kier alpha value is -4.74. The third-order valence-corrected chi connectivity index (χ3v) is 6.16. The number of benzene rings is 3. The molecule has 3 rings (SSSR count). The van der Waals surface area contributed by atoms with Crippen LogP contribution in [0.2, 0.25) is 0 Å². The summed E-state index contributed by atoms with van der Waals surface area (Å²) >= 11 is 0. The molecular weight excluding hydrogens is 618 g/mol. The molecule has 0 N–H and O–H groups in total. The van der Waals surface area contributed by atoms with Gasteiger partial charge in [0.2, 0.25) is 0 Å². The summed E-state index contributed by atoms with van der Waals surface area (Å²) in [7, 11) is 0. The summed E-state index contributed by atoms with van der Waals surface area (Å²) in [4.78, 5) is 25.0.